The van der Waals surface area contributed by atoms with Gasteiger partial charge in [0.05, 0.1) is 0 Å². The zero-order valence-corrected chi connectivity index (χ0v) is 13.4. The summed E-state index contributed by atoms with van der Waals surface area (Å²) in [5.74, 6) is -0.677. The van der Waals surface area contributed by atoms with Crippen molar-refractivity contribution in [3.8, 4) is 5.75 Å². The molecule has 1 atom stereocenters. The van der Waals surface area contributed by atoms with Gasteiger partial charge in [0.15, 0.2) is 6.61 Å². The van der Waals surface area contributed by atoms with Crippen LogP contribution in [0.25, 0.3) is 0 Å². The van der Waals surface area contributed by atoms with E-state index in [4.69, 9.17) is 4.74 Å². The summed E-state index contributed by atoms with van der Waals surface area (Å²) < 4.78 is 6.32. The fourth-order valence-corrected chi connectivity index (χ4v) is 2.90. The van der Waals surface area contributed by atoms with Gasteiger partial charge in [-0.1, -0.05) is 22.0 Å². The third kappa shape index (κ3) is 3.56. The van der Waals surface area contributed by atoms with Crippen LogP contribution in [0.15, 0.2) is 28.7 Å². The molecule has 1 unspecified atom stereocenters. The van der Waals surface area contributed by atoms with Gasteiger partial charge in [0, 0.05) is 11.0 Å². The van der Waals surface area contributed by atoms with E-state index in [1.54, 1.807) is 19.1 Å². The first kappa shape index (κ1) is 15.8. The topological polar surface area (TPSA) is 66.8 Å². The maximum atomic E-state index is 12.3. The Labute approximate surface area is 132 Å². The Kier molecular flexibility index (Phi) is 4.88. The second kappa shape index (κ2) is 6.47. The van der Waals surface area contributed by atoms with Crippen molar-refractivity contribution in [2.75, 3.05) is 13.2 Å². The average molecular weight is 356 g/mol. The van der Waals surface area contributed by atoms with E-state index in [0.29, 0.717) is 18.7 Å². The molecular formula is C15H18BrNO4. The number of carboxylic acid groups (broad SMARTS) is 1. The molecule has 1 amide bonds. The molecule has 2 rings (SSSR count). The fourth-order valence-electron chi connectivity index (χ4n) is 2.52. The maximum Gasteiger partial charge on any atom is 0.329 e. The molecule has 21 heavy (non-hydrogen) atoms. The molecule has 0 bridgehead atoms. The fraction of sp³-hybridized carbons (Fsp3) is 0.467. The Bertz CT molecular complexity index is 548. The molecule has 1 N–H and O–H groups in total. The van der Waals surface area contributed by atoms with Gasteiger partial charge >= 0.3 is 5.97 Å². The highest BCUT2D eigenvalue weighted by Crippen LogP contribution is 2.28. The first-order valence-electron chi connectivity index (χ1n) is 6.86. The predicted octanol–water partition coefficient (Wildman–Crippen LogP) is 2.68. The van der Waals surface area contributed by atoms with Gasteiger partial charge in [-0.05, 0) is 44.4 Å². The van der Waals surface area contributed by atoms with E-state index in [1.165, 1.54) is 4.90 Å². The van der Waals surface area contributed by atoms with Crippen molar-refractivity contribution < 1.29 is 19.4 Å². The lowest BCUT2D eigenvalue weighted by atomic mass is 9.88. The van der Waals surface area contributed by atoms with Gasteiger partial charge in [0.25, 0.3) is 5.91 Å². The largest absolute Gasteiger partial charge is 0.484 e. The number of halogens is 1. The van der Waals surface area contributed by atoms with E-state index in [2.05, 4.69) is 15.9 Å². The van der Waals surface area contributed by atoms with Crippen LogP contribution in [0.1, 0.15) is 26.2 Å². The number of ether oxygens (including phenoxy) is 1. The van der Waals surface area contributed by atoms with Crippen molar-refractivity contribution in [1.82, 2.24) is 4.90 Å². The number of likely N-dealkylation sites (tertiary alicyclic amines) is 1. The zero-order chi connectivity index (χ0) is 15.5. The Hall–Kier alpha value is -1.56. The van der Waals surface area contributed by atoms with Crippen molar-refractivity contribution >= 4 is 27.8 Å². The highest BCUT2D eigenvalue weighted by atomic mass is 79.9. The van der Waals surface area contributed by atoms with Crippen LogP contribution in [0.5, 0.6) is 5.75 Å². The quantitative estimate of drug-likeness (QED) is 0.901. The van der Waals surface area contributed by atoms with Gasteiger partial charge in [-0.25, -0.2) is 4.79 Å². The first-order valence-corrected chi connectivity index (χ1v) is 7.65. The molecule has 0 aliphatic carbocycles. The molecule has 0 aromatic heterocycles. The molecule has 1 fully saturated rings. The minimum Gasteiger partial charge on any atom is -0.484 e. The lowest BCUT2D eigenvalue weighted by molar-refractivity contribution is -0.161. The number of hydrogen-bond donors (Lipinski definition) is 1. The average Bonchev–Trinajstić information content (AvgIpc) is 2.45. The van der Waals surface area contributed by atoms with Crippen LogP contribution in [0.4, 0.5) is 0 Å². The van der Waals surface area contributed by atoms with E-state index in [1.807, 2.05) is 12.1 Å². The van der Waals surface area contributed by atoms with E-state index in [0.717, 1.165) is 17.3 Å². The maximum absolute atomic E-state index is 12.3. The highest BCUT2D eigenvalue weighted by Gasteiger charge is 2.43. The third-order valence-electron chi connectivity index (χ3n) is 3.81. The van der Waals surface area contributed by atoms with Crippen molar-refractivity contribution in [3.05, 3.63) is 28.7 Å². The molecule has 1 aromatic carbocycles. The summed E-state index contributed by atoms with van der Waals surface area (Å²) in [7, 11) is 0. The highest BCUT2D eigenvalue weighted by molar-refractivity contribution is 9.10. The van der Waals surface area contributed by atoms with Crippen molar-refractivity contribution in [3.63, 3.8) is 0 Å². The molecule has 6 heteroatoms. The molecule has 0 spiro atoms. The number of aliphatic carboxylic acids is 1. The molecule has 1 saturated heterocycles. The van der Waals surface area contributed by atoms with Gasteiger partial charge < -0.3 is 14.7 Å². The summed E-state index contributed by atoms with van der Waals surface area (Å²) in [5, 5.41) is 9.40. The molecule has 5 nitrogen and oxygen atoms in total. The van der Waals surface area contributed by atoms with Crippen molar-refractivity contribution in [2.45, 2.75) is 31.7 Å². The number of amides is 1. The minimum atomic E-state index is -1.13. The zero-order valence-electron chi connectivity index (χ0n) is 11.8. The summed E-state index contributed by atoms with van der Waals surface area (Å²) in [6, 6.07) is 7.19. The van der Waals surface area contributed by atoms with Gasteiger partial charge in [0.1, 0.15) is 11.3 Å². The normalized spacial score (nSPS) is 21.9. The number of hydrogen-bond acceptors (Lipinski definition) is 3. The van der Waals surface area contributed by atoms with Gasteiger partial charge in [-0.2, -0.15) is 0 Å². The predicted molar refractivity (Wildman–Crippen MR) is 81.2 cm³/mol. The smallest absolute Gasteiger partial charge is 0.329 e. The van der Waals surface area contributed by atoms with Crippen LogP contribution in [-0.2, 0) is 9.59 Å². The molecule has 1 aliphatic rings. The Balaban J connectivity index is 2.03. The summed E-state index contributed by atoms with van der Waals surface area (Å²) >= 11 is 3.33. The molecule has 0 saturated carbocycles. The third-order valence-corrected chi connectivity index (χ3v) is 4.30. The van der Waals surface area contributed by atoms with Crippen LogP contribution in [0.2, 0.25) is 0 Å². The van der Waals surface area contributed by atoms with Gasteiger partial charge in [-0.15, -0.1) is 0 Å². The number of nitrogens with zero attached hydrogens (tertiary/aromatic N) is 1. The second-order valence-corrected chi connectivity index (χ2v) is 6.24. The van der Waals surface area contributed by atoms with E-state index < -0.39 is 11.5 Å². The first-order chi connectivity index (χ1) is 9.93. The van der Waals surface area contributed by atoms with Crippen LogP contribution < -0.4 is 4.74 Å². The summed E-state index contributed by atoms with van der Waals surface area (Å²) in [6.45, 7) is 1.91. The van der Waals surface area contributed by atoms with Crippen molar-refractivity contribution in [1.29, 1.82) is 0 Å². The number of carbonyl (C=O) groups excluding carboxylic acids is 1. The molecule has 1 heterocycles. The molecule has 0 radical (unpaired) electrons. The monoisotopic (exact) mass is 355 g/mol. The van der Waals surface area contributed by atoms with E-state index in [9.17, 15) is 14.7 Å². The number of carbonyl (C=O) groups is 2. The number of benzene rings is 1. The van der Waals surface area contributed by atoms with Crippen LogP contribution in [0, 0.1) is 0 Å². The van der Waals surface area contributed by atoms with Gasteiger partial charge in [-0.3, -0.25) is 4.79 Å². The molecule has 1 aliphatic heterocycles. The summed E-state index contributed by atoms with van der Waals surface area (Å²) in [4.78, 5) is 25.2. The Morgan fingerprint density at radius 3 is 2.86 bits per heavy atom. The SMILES string of the molecule is CC1(C(=O)O)CCCCN1C(=O)COc1cccc(Br)c1. The van der Waals surface area contributed by atoms with Crippen LogP contribution >= 0.6 is 15.9 Å². The Morgan fingerprint density at radius 1 is 1.43 bits per heavy atom. The minimum absolute atomic E-state index is 0.153. The molecule has 1 aromatic rings. The van der Waals surface area contributed by atoms with E-state index >= 15 is 0 Å². The summed E-state index contributed by atoms with van der Waals surface area (Å²) in [6.07, 6.45) is 2.12. The lowest BCUT2D eigenvalue weighted by Crippen LogP contribution is -2.58. The second-order valence-electron chi connectivity index (χ2n) is 5.33. The van der Waals surface area contributed by atoms with Crippen LogP contribution in [-0.4, -0.2) is 40.6 Å². The van der Waals surface area contributed by atoms with Gasteiger partial charge in [0.2, 0.25) is 0 Å². The molecule has 114 valence electrons. The standard InChI is InChI=1S/C15H18BrNO4/c1-15(14(19)20)7-2-3-8-17(15)13(18)10-21-12-6-4-5-11(16)9-12/h4-6,9H,2-3,7-8,10H2,1H3,(H,19,20). The number of rotatable bonds is 4. The Morgan fingerprint density at radius 2 is 2.19 bits per heavy atom. The number of carboxylic acids is 1. The number of piperidine rings is 1. The lowest BCUT2D eigenvalue weighted by Gasteiger charge is -2.41. The van der Waals surface area contributed by atoms with Crippen LogP contribution in [0.3, 0.4) is 0 Å². The van der Waals surface area contributed by atoms with Crippen molar-refractivity contribution in [2.24, 2.45) is 0 Å². The summed E-state index contributed by atoms with van der Waals surface area (Å²) in [5.41, 5.74) is -1.13. The van der Waals surface area contributed by atoms with E-state index in [-0.39, 0.29) is 12.5 Å². The molecular weight excluding hydrogens is 338 g/mol.